The lowest BCUT2D eigenvalue weighted by atomic mass is 10.2. The van der Waals surface area contributed by atoms with Gasteiger partial charge in [-0.25, -0.2) is 4.98 Å². The van der Waals surface area contributed by atoms with E-state index in [9.17, 15) is 0 Å². The number of hydrogen-bond donors (Lipinski definition) is 1. The summed E-state index contributed by atoms with van der Waals surface area (Å²) in [6, 6.07) is 5.50. The summed E-state index contributed by atoms with van der Waals surface area (Å²) in [5, 5.41) is 3.38. The highest BCUT2D eigenvalue weighted by molar-refractivity contribution is 6.28. The maximum absolute atomic E-state index is 6.18. The molecule has 0 aliphatic carbocycles. The minimum absolute atomic E-state index is 0.0800. The molecule has 1 aromatic carbocycles. The Morgan fingerprint density at radius 3 is 2.78 bits per heavy atom. The monoisotopic (exact) mass is 389 g/mol. The van der Waals surface area contributed by atoms with Crippen LogP contribution in [-0.4, -0.2) is 40.3 Å². The second-order valence-electron chi connectivity index (χ2n) is 6.18. The van der Waals surface area contributed by atoms with E-state index in [1.807, 2.05) is 22.8 Å². The fraction of sp³-hybridized carbons (Fsp3) is 0.389. The number of nitrogens with zero attached hydrogens (tertiary/aromatic N) is 4. The predicted octanol–water partition coefficient (Wildman–Crippen LogP) is 3.94. The molecule has 8 nitrogen and oxygen atoms in total. The third-order valence-corrected chi connectivity index (χ3v) is 4.68. The average Bonchev–Trinajstić information content (AvgIpc) is 3.12. The molecule has 0 spiro atoms. The van der Waals surface area contributed by atoms with Crippen molar-refractivity contribution in [3.05, 3.63) is 29.8 Å². The molecule has 0 saturated carbocycles. The first-order valence-electron chi connectivity index (χ1n) is 8.70. The lowest BCUT2D eigenvalue weighted by Gasteiger charge is -2.23. The zero-order chi connectivity index (χ0) is 18.8. The van der Waals surface area contributed by atoms with Gasteiger partial charge in [-0.2, -0.15) is 9.97 Å². The second kappa shape index (κ2) is 7.58. The van der Waals surface area contributed by atoms with Gasteiger partial charge in [0.25, 0.3) is 0 Å². The quantitative estimate of drug-likeness (QED) is 0.661. The van der Waals surface area contributed by atoms with Crippen molar-refractivity contribution < 1.29 is 14.2 Å². The van der Waals surface area contributed by atoms with Crippen LogP contribution in [0.2, 0.25) is 5.28 Å². The summed E-state index contributed by atoms with van der Waals surface area (Å²) >= 11 is 6.18. The molecular weight excluding hydrogens is 370 g/mol. The number of nitrogens with one attached hydrogen (secondary N) is 1. The number of halogens is 1. The molecule has 9 heteroatoms. The molecule has 1 N–H and O–H groups in total. The van der Waals surface area contributed by atoms with E-state index in [4.69, 9.17) is 25.8 Å². The van der Waals surface area contributed by atoms with Crippen LogP contribution in [0.3, 0.4) is 0 Å². The Kier molecular flexibility index (Phi) is 5.00. The van der Waals surface area contributed by atoms with Crippen LogP contribution in [-0.2, 0) is 4.74 Å². The molecule has 0 radical (unpaired) electrons. The van der Waals surface area contributed by atoms with Crippen LogP contribution in [0.1, 0.15) is 25.5 Å². The predicted molar refractivity (Wildman–Crippen MR) is 102 cm³/mol. The maximum atomic E-state index is 6.18. The Balaban J connectivity index is 1.71. The van der Waals surface area contributed by atoms with Gasteiger partial charge >= 0.3 is 0 Å². The topological polar surface area (TPSA) is 83.3 Å². The summed E-state index contributed by atoms with van der Waals surface area (Å²) in [7, 11) is 3.19. The Hall–Kier alpha value is -2.58. The van der Waals surface area contributed by atoms with E-state index in [1.54, 1.807) is 20.5 Å². The van der Waals surface area contributed by atoms with Gasteiger partial charge in [-0.05, 0) is 43.0 Å². The number of methoxy groups -OCH3 is 2. The molecule has 4 rings (SSSR count). The molecule has 1 aliphatic rings. The summed E-state index contributed by atoms with van der Waals surface area (Å²) < 4.78 is 18.4. The zero-order valence-electron chi connectivity index (χ0n) is 15.1. The van der Waals surface area contributed by atoms with Gasteiger partial charge in [0.1, 0.15) is 6.23 Å². The van der Waals surface area contributed by atoms with Crippen molar-refractivity contribution in [1.82, 2.24) is 19.5 Å². The Morgan fingerprint density at radius 2 is 2.04 bits per heavy atom. The van der Waals surface area contributed by atoms with Crippen LogP contribution in [0.5, 0.6) is 11.5 Å². The van der Waals surface area contributed by atoms with Gasteiger partial charge in [0.05, 0.1) is 20.5 Å². The van der Waals surface area contributed by atoms with Gasteiger partial charge in [0.15, 0.2) is 28.5 Å². The van der Waals surface area contributed by atoms with Gasteiger partial charge < -0.3 is 19.5 Å². The molecule has 27 heavy (non-hydrogen) atoms. The van der Waals surface area contributed by atoms with E-state index in [0.29, 0.717) is 28.5 Å². The van der Waals surface area contributed by atoms with Gasteiger partial charge in [-0.3, -0.25) is 4.57 Å². The van der Waals surface area contributed by atoms with Gasteiger partial charge in [-0.1, -0.05) is 0 Å². The third-order valence-electron chi connectivity index (χ3n) is 4.51. The maximum Gasteiger partial charge on any atom is 0.226 e. The van der Waals surface area contributed by atoms with Crippen LogP contribution in [0.4, 0.5) is 11.5 Å². The van der Waals surface area contributed by atoms with Crippen LogP contribution in [0.25, 0.3) is 11.2 Å². The highest BCUT2D eigenvalue weighted by atomic mass is 35.5. The van der Waals surface area contributed by atoms with E-state index in [-0.39, 0.29) is 11.5 Å². The molecule has 1 aliphatic heterocycles. The molecular formula is C18H20ClN5O3. The number of benzene rings is 1. The largest absolute Gasteiger partial charge is 0.493 e. The molecule has 1 unspecified atom stereocenters. The van der Waals surface area contributed by atoms with Crippen LogP contribution < -0.4 is 14.8 Å². The minimum atomic E-state index is -0.0800. The molecule has 3 aromatic rings. The number of anilines is 2. The van der Waals surface area contributed by atoms with E-state index in [1.165, 1.54) is 0 Å². The van der Waals surface area contributed by atoms with Crippen molar-refractivity contribution in [2.45, 2.75) is 25.5 Å². The molecule has 0 amide bonds. The van der Waals surface area contributed by atoms with Crippen molar-refractivity contribution in [3.63, 3.8) is 0 Å². The Labute approximate surface area is 161 Å². The number of rotatable bonds is 5. The molecule has 1 saturated heterocycles. The lowest BCUT2D eigenvalue weighted by molar-refractivity contribution is -0.0298. The normalized spacial score (nSPS) is 17.1. The first-order chi connectivity index (χ1) is 13.2. The molecule has 0 bridgehead atoms. The summed E-state index contributed by atoms with van der Waals surface area (Å²) in [5.74, 6) is 1.78. The first-order valence-corrected chi connectivity index (χ1v) is 9.08. The number of ether oxygens (including phenoxy) is 3. The minimum Gasteiger partial charge on any atom is -0.493 e. The number of imidazole rings is 1. The van der Waals surface area contributed by atoms with E-state index in [2.05, 4.69) is 20.3 Å². The van der Waals surface area contributed by atoms with Gasteiger partial charge in [-0.15, -0.1) is 0 Å². The van der Waals surface area contributed by atoms with Crippen molar-refractivity contribution in [2.24, 2.45) is 0 Å². The van der Waals surface area contributed by atoms with Crippen LogP contribution in [0, 0.1) is 0 Å². The summed E-state index contributed by atoms with van der Waals surface area (Å²) in [5.41, 5.74) is 2.04. The number of aromatic nitrogens is 4. The highest BCUT2D eigenvalue weighted by Crippen LogP contribution is 2.33. The van der Waals surface area contributed by atoms with Crippen molar-refractivity contribution in [3.8, 4) is 11.5 Å². The summed E-state index contributed by atoms with van der Waals surface area (Å²) in [4.78, 5) is 13.2. The fourth-order valence-corrected chi connectivity index (χ4v) is 3.35. The van der Waals surface area contributed by atoms with Crippen molar-refractivity contribution >= 4 is 34.3 Å². The standard InChI is InChI=1S/C18H20ClN5O3/c1-25-12-7-6-11(9-13(12)26-2)21-16-15-17(23-18(19)22-16)24(10-20-15)14-5-3-4-8-27-14/h6-7,9-10,14H,3-5,8H2,1-2H3,(H,21,22,23). The van der Waals surface area contributed by atoms with E-state index >= 15 is 0 Å². The second-order valence-corrected chi connectivity index (χ2v) is 6.52. The van der Waals surface area contributed by atoms with Crippen LogP contribution in [0.15, 0.2) is 24.5 Å². The molecule has 1 fully saturated rings. The Morgan fingerprint density at radius 1 is 1.19 bits per heavy atom. The van der Waals surface area contributed by atoms with Crippen molar-refractivity contribution in [2.75, 3.05) is 26.1 Å². The number of fused-ring (bicyclic) bond motifs is 1. The summed E-state index contributed by atoms with van der Waals surface area (Å²) in [6.07, 6.45) is 4.76. The number of hydrogen-bond acceptors (Lipinski definition) is 7. The summed E-state index contributed by atoms with van der Waals surface area (Å²) in [6.45, 7) is 0.736. The molecule has 3 heterocycles. The fourth-order valence-electron chi connectivity index (χ4n) is 3.18. The van der Waals surface area contributed by atoms with Gasteiger partial charge in [0.2, 0.25) is 5.28 Å². The average molecular weight is 390 g/mol. The Bertz CT molecular complexity index is 956. The van der Waals surface area contributed by atoms with E-state index in [0.717, 1.165) is 31.6 Å². The zero-order valence-corrected chi connectivity index (χ0v) is 15.9. The first kappa shape index (κ1) is 17.8. The van der Waals surface area contributed by atoms with E-state index < -0.39 is 0 Å². The lowest BCUT2D eigenvalue weighted by Crippen LogP contribution is -2.17. The molecule has 1 atom stereocenters. The SMILES string of the molecule is COc1ccc(Nc2nc(Cl)nc3c2ncn3C2CCCCO2)cc1OC. The smallest absolute Gasteiger partial charge is 0.226 e. The highest BCUT2D eigenvalue weighted by Gasteiger charge is 2.21. The third kappa shape index (κ3) is 3.50. The molecule has 142 valence electrons. The molecule has 2 aromatic heterocycles. The van der Waals surface area contributed by atoms with Crippen LogP contribution >= 0.6 is 11.6 Å². The van der Waals surface area contributed by atoms with Crippen molar-refractivity contribution in [1.29, 1.82) is 0 Å². The van der Waals surface area contributed by atoms with Gasteiger partial charge in [0, 0.05) is 18.4 Å².